The molecule has 0 radical (unpaired) electrons. The summed E-state index contributed by atoms with van der Waals surface area (Å²) in [6, 6.07) is 7.77. The number of hydrogen-bond donors (Lipinski definition) is 2. The standard InChI is InChI=1S/C28H35N5O3/c1-18-27(19(2)33(31-18)12-13-34)22-16-25(28(29)30-17-22)36-23-8-9-24-21(15-23)10-11-32(24)26(35)14-20-6-4-3-5-7-20/h8-9,15-17,20,34H,3-7,10-14H2,1-2H3,(H2,29,30). The second kappa shape index (κ2) is 10.3. The molecule has 2 aromatic heterocycles. The van der Waals surface area contributed by atoms with Gasteiger partial charge in [0, 0.05) is 41.7 Å². The van der Waals surface area contributed by atoms with Crippen LogP contribution < -0.4 is 15.4 Å². The topological polar surface area (TPSA) is 106 Å². The van der Waals surface area contributed by atoms with E-state index in [0.717, 1.165) is 46.7 Å². The van der Waals surface area contributed by atoms with Crippen molar-refractivity contribution in [3.63, 3.8) is 0 Å². The van der Waals surface area contributed by atoms with Gasteiger partial charge in [-0.2, -0.15) is 5.10 Å². The van der Waals surface area contributed by atoms with Gasteiger partial charge in [0.05, 0.1) is 18.8 Å². The number of aliphatic hydroxyl groups is 1. The van der Waals surface area contributed by atoms with Crippen LogP contribution in [0.25, 0.3) is 11.1 Å². The molecule has 0 saturated heterocycles. The molecule has 8 nitrogen and oxygen atoms in total. The molecule has 8 heteroatoms. The quantitative estimate of drug-likeness (QED) is 0.494. The van der Waals surface area contributed by atoms with Gasteiger partial charge >= 0.3 is 0 Å². The van der Waals surface area contributed by atoms with Crippen LogP contribution in [-0.4, -0.2) is 38.9 Å². The third-order valence-electron chi connectivity index (χ3n) is 7.53. The molecular weight excluding hydrogens is 454 g/mol. The largest absolute Gasteiger partial charge is 0.453 e. The Kier molecular flexibility index (Phi) is 6.96. The third-order valence-corrected chi connectivity index (χ3v) is 7.53. The maximum absolute atomic E-state index is 13.0. The molecule has 1 amide bonds. The normalized spacial score (nSPS) is 15.8. The monoisotopic (exact) mass is 489 g/mol. The first-order valence-electron chi connectivity index (χ1n) is 13.0. The molecule has 2 aliphatic rings. The van der Waals surface area contributed by atoms with Crippen molar-refractivity contribution in [2.45, 2.75) is 65.3 Å². The van der Waals surface area contributed by atoms with Gasteiger partial charge in [-0.1, -0.05) is 19.3 Å². The highest BCUT2D eigenvalue weighted by molar-refractivity contribution is 5.95. The van der Waals surface area contributed by atoms with Crippen molar-refractivity contribution in [2.75, 3.05) is 23.8 Å². The van der Waals surface area contributed by atoms with Crippen molar-refractivity contribution >= 4 is 17.4 Å². The van der Waals surface area contributed by atoms with E-state index in [-0.39, 0.29) is 12.5 Å². The Balaban J connectivity index is 1.34. The van der Waals surface area contributed by atoms with E-state index in [1.165, 1.54) is 32.1 Å². The predicted octanol–water partition coefficient (Wildman–Crippen LogP) is 4.79. The van der Waals surface area contributed by atoms with Crippen molar-refractivity contribution in [2.24, 2.45) is 5.92 Å². The summed E-state index contributed by atoms with van der Waals surface area (Å²) in [5.74, 6) is 2.23. The first-order chi connectivity index (χ1) is 17.4. The molecule has 1 aliphatic carbocycles. The minimum atomic E-state index is 0.0255. The second-order valence-corrected chi connectivity index (χ2v) is 10.00. The lowest BCUT2D eigenvalue weighted by Crippen LogP contribution is -2.30. The van der Waals surface area contributed by atoms with Crippen LogP contribution >= 0.6 is 0 Å². The molecule has 36 heavy (non-hydrogen) atoms. The summed E-state index contributed by atoms with van der Waals surface area (Å²) in [4.78, 5) is 19.3. The smallest absolute Gasteiger partial charge is 0.227 e. The number of fused-ring (bicyclic) bond motifs is 1. The van der Waals surface area contributed by atoms with E-state index in [9.17, 15) is 9.90 Å². The molecule has 3 heterocycles. The van der Waals surface area contributed by atoms with Crippen LogP contribution in [0.15, 0.2) is 30.5 Å². The van der Waals surface area contributed by atoms with Gasteiger partial charge < -0.3 is 20.5 Å². The Morgan fingerprint density at radius 1 is 1.19 bits per heavy atom. The summed E-state index contributed by atoms with van der Waals surface area (Å²) in [6.07, 6.45) is 9.34. The number of nitrogen functional groups attached to an aromatic ring is 1. The number of aromatic nitrogens is 3. The van der Waals surface area contributed by atoms with Crippen molar-refractivity contribution < 1.29 is 14.6 Å². The molecule has 3 aromatic rings. The van der Waals surface area contributed by atoms with E-state index in [0.29, 0.717) is 36.2 Å². The molecular formula is C28H35N5O3. The van der Waals surface area contributed by atoms with Crippen LogP contribution in [0, 0.1) is 19.8 Å². The molecule has 1 fully saturated rings. The lowest BCUT2D eigenvalue weighted by molar-refractivity contribution is -0.119. The summed E-state index contributed by atoms with van der Waals surface area (Å²) in [5, 5.41) is 13.8. The Bertz CT molecular complexity index is 1260. The molecule has 190 valence electrons. The molecule has 0 spiro atoms. The number of amides is 1. The van der Waals surface area contributed by atoms with E-state index in [1.54, 1.807) is 10.9 Å². The highest BCUT2D eigenvalue weighted by Gasteiger charge is 2.27. The third kappa shape index (κ3) is 4.82. The molecule has 3 N–H and O–H groups in total. The SMILES string of the molecule is Cc1nn(CCO)c(C)c1-c1cnc(N)c(Oc2ccc3c(c2)CCN3C(=O)CC2CCCCC2)c1. The summed E-state index contributed by atoms with van der Waals surface area (Å²) in [5.41, 5.74) is 11.9. The number of carbonyl (C=O) groups excluding carboxylic acids is 1. The number of carbonyl (C=O) groups is 1. The Labute approximate surface area is 212 Å². The fourth-order valence-corrected chi connectivity index (χ4v) is 5.68. The molecule has 1 aliphatic heterocycles. The number of ether oxygens (including phenoxy) is 1. The zero-order chi connectivity index (χ0) is 25.2. The first-order valence-corrected chi connectivity index (χ1v) is 13.0. The molecule has 1 aromatic carbocycles. The number of pyridine rings is 1. The maximum Gasteiger partial charge on any atom is 0.227 e. The lowest BCUT2D eigenvalue weighted by Gasteiger charge is -2.24. The van der Waals surface area contributed by atoms with Crippen LogP contribution in [0.2, 0.25) is 0 Å². The average molecular weight is 490 g/mol. The zero-order valence-corrected chi connectivity index (χ0v) is 21.2. The Hall–Kier alpha value is -3.39. The van der Waals surface area contributed by atoms with Crippen molar-refractivity contribution in [1.82, 2.24) is 14.8 Å². The maximum atomic E-state index is 13.0. The first kappa shape index (κ1) is 24.3. The molecule has 5 rings (SSSR count). The van der Waals surface area contributed by atoms with E-state index >= 15 is 0 Å². The van der Waals surface area contributed by atoms with E-state index in [1.807, 2.05) is 43.0 Å². The van der Waals surface area contributed by atoms with Crippen LogP contribution in [-0.2, 0) is 17.8 Å². The zero-order valence-electron chi connectivity index (χ0n) is 21.2. The number of anilines is 2. The van der Waals surface area contributed by atoms with Gasteiger partial charge in [0.15, 0.2) is 11.6 Å². The van der Waals surface area contributed by atoms with E-state index in [2.05, 4.69) is 10.1 Å². The highest BCUT2D eigenvalue weighted by atomic mass is 16.5. The number of hydrogen-bond acceptors (Lipinski definition) is 6. The number of rotatable bonds is 7. The van der Waals surface area contributed by atoms with Crippen LogP contribution in [0.4, 0.5) is 11.5 Å². The number of aryl methyl sites for hydroxylation is 1. The molecule has 0 unspecified atom stereocenters. The minimum Gasteiger partial charge on any atom is -0.453 e. The van der Waals surface area contributed by atoms with Crippen molar-refractivity contribution in [3.8, 4) is 22.6 Å². The van der Waals surface area contributed by atoms with Gasteiger partial charge in [-0.05, 0) is 68.9 Å². The number of aliphatic hydroxyl groups excluding tert-OH is 1. The van der Waals surface area contributed by atoms with Crippen molar-refractivity contribution in [1.29, 1.82) is 0 Å². The van der Waals surface area contributed by atoms with Gasteiger partial charge in [-0.15, -0.1) is 0 Å². The Morgan fingerprint density at radius 3 is 2.78 bits per heavy atom. The second-order valence-electron chi connectivity index (χ2n) is 10.00. The average Bonchev–Trinajstić information content (AvgIpc) is 3.41. The number of nitrogens with two attached hydrogens (primary N) is 1. The summed E-state index contributed by atoms with van der Waals surface area (Å²) in [6.45, 7) is 5.10. The summed E-state index contributed by atoms with van der Waals surface area (Å²) in [7, 11) is 0. The minimum absolute atomic E-state index is 0.0255. The van der Waals surface area contributed by atoms with Gasteiger partial charge in [0.1, 0.15) is 5.75 Å². The van der Waals surface area contributed by atoms with Gasteiger partial charge in [0.25, 0.3) is 0 Å². The highest BCUT2D eigenvalue weighted by Crippen LogP contribution is 2.37. The van der Waals surface area contributed by atoms with Crippen LogP contribution in [0.3, 0.4) is 0 Å². The predicted molar refractivity (Wildman–Crippen MR) is 140 cm³/mol. The molecule has 0 atom stereocenters. The number of nitrogens with zero attached hydrogens (tertiary/aromatic N) is 4. The lowest BCUT2D eigenvalue weighted by atomic mass is 9.86. The van der Waals surface area contributed by atoms with Crippen LogP contribution in [0.5, 0.6) is 11.5 Å². The van der Waals surface area contributed by atoms with E-state index in [4.69, 9.17) is 10.5 Å². The molecule has 0 bridgehead atoms. The van der Waals surface area contributed by atoms with Gasteiger partial charge in [-0.25, -0.2) is 4.98 Å². The fraction of sp³-hybridized carbons (Fsp3) is 0.464. The summed E-state index contributed by atoms with van der Waals surface area (Å²) < 4.78 is 7.98. The van der Waals surface area contributed by atoms with Crippen molar-refractivity contribution in [3.05, 3.63) is 47.4 Å². The number of benzene rings is 1. The van der Waals surface area contributed by atoms with Gasteiger partial charge in [-0.3, -0.25) is 9.48 Å². The fourth-order valence-electron chi connectivity index (χ4n) is 5.68. The van der Waals surface area contributed by atoms with Gasteiger partial charge in [0.2, 0.25) is 5.91 Å². The Morgan fingerprint density at radius 2 is 2.00 bits per heavy atom. The van der Waals surface area contributed by atoms with E-state index < -0.39 is 0 Å². The molecule has 1 saturated carbocycles. The summed E-state index contributed by atoms with van der Waals surface area (Å²) >= 11 is 0. The van der Waals surface area contributed by atoms with Crippen LogP contribution in [0.1, 0.15) is 55.5 Å².